The second kappa shape index (κ2) is 3.45. The Morgan fingerprint density at radius 3 is 2.62 bits per heavy atom. The lowest BCUT2D eigenvalue weighted by Crippen LogP contribution is -2.36. The van der Waals surface area contributed by atoms with E-state index in [0.29, 0.717) is 12.1 Å². The maximum atomic E-state index is 10.5. The van der Waals surface area contributed by atoms with E-state index in [1.165, 1.54) is 0 Å². The van der Waals surface area contributed by atoms with Gasteiger partial charge in [-0.2, -0.15) is 0 Å². The molecule has 3 rings (SSSR count). The van der Waals surface area contributed by atoms with Crippen LogP contribution in [0, 0.1) is 10.1 Å². The van der Waals surface area contributed by atoms with Gasteiger partial charge in [0.15, 0.2) is 0 Å². The van der Waals surface area contributed by atoms with Gasteiger partial charge in [-0.3, -0.25) is 10.1 Å². The van der Waals surface area contributed by atoms with E-state index in [0.717, 1.165) is 25.3 Å². The predicted octanol–water partition coefficient (Wildman–Crippen LogP) is 1.57. The van der Waals surface area contributed by atoms with Crippen molar-refractivity contribution < 1.29 is 9.66 Å². The van der Waals surface area contributed by atoms with Gasteiger partial charge < -0.3 is 9.64 Å². The van der Waals surface area contributed by atoms with E-state index in [2.05, 4.69) is 4.90 Å². The molecule has 2 saturated heterocycles. The van der Waals surface area contributed by atoms with Gasteiger partial charge in [0.1, 0.15) is 0 Å². The van der Waals surface area contributed by atoms with Gasteiger partial charge >= 0.3 is 0 Å². The van der Waals surface area contributed by atoms with Crippen molar-refractivity contribution in [1.29, 1.82) is 0 Å². The SMILES string of the molecule is O=[N+]([O-])c1ccc(N2C[C@H]3C[C@@H]2CO3)cc1. The summed E-state index contributed by atoms with van der Waals surface area (Å²) in [6, 6.07) is 7.20. The first-order valence-corrected chi connectivity index (χ1v) is 5.37. The quantitative estimate of drug-likeness (QED) is 0.560. The lowest BCUT2D eigenvalue weighted by Gasteiger charge is -2.28. The molecule has 2 aliphatic rings. The predicted molar refractivity (Wildman–Crippen MR) is 58.6 cm³/mol. The van der Waals surface area contributed by atoms with Crippen LogP contribution in [0.1, 0.15) is 6.42 Å². The Bertz CT molecular complexity index is 418. The number of ether oxygens (including phenoxy) is 1. The molecule has 5 nitrogen and oxygen atoms in total. The van der Waals surface area contributed by atoms with E-state index in [4.69, 9.17) is 4.74 Å². The Balaban J connectivity index is 1.82. The topological polar surface area (TPSA) is 55.6 Å². The molecule has 2 bridgehead atoms. The maximum Gasteiger partial charge on any atom is 0.269 e. The van der Waals surface area contributed by atoms with Gasteiger partial charge in [0.05, 0.1) is 23.7 Å². The third-order valence-corrected chi connectivity index (χ3v) is 3.29. The van der Waals surface area contributed by atoms with Crippen LogP contribution in [0.4, 0.5) is 11.4 Å². The van der Waals surface area contributed by atoms with Gasteiger partial charge in [-0.1, -0.05) is 0 Å². The van der Waals surface area contributed by atoms with Crippen molar-refractivity contribution in [3.05, 3.63) is 34.4 Å². The molecule has 0 unspecified atom stereocenters. The molecule has 0 radical (unpaired) electrons. The summed E-state index contributed by atoms with van der Waals surface area (Å²) in [6.07, 6.45) is 1.43. The first-order chi connectivity index (χ1) is 7.74. The van der Waals surface area contributed by atoms with Gasteiger partial charge in [-0.15, -0.1) is 0 Å². The van der Waals surface area contributed by atoms with E-state index in [-0.39, 0.29) is 10.6 Å². The number of nitro benzene ring substituents is 1. The number of fused-ring (bicyclic) bond motifs is 2. The molecule has 2 fully saturated rings. The monoisotopic (exact) mass is 220 g/mol. The summed E-state index contributed by atoms with van der Waals surface area (Å²) < 4.78 is 5.52. The van der Waals surface area contributed by atoms with Crippen LogP contribution in [-0.2, 0) is 4.74 Å². The highest BCUT2D eigenvalue weighted by Crippen LogP contribution is 2.32. The lowest BCUT2D eigenvalue weighted by molar-refractivity contribution is -0.384. The fourth-order valence-electron chi connectivity index (χ4n) is 2.48. The van der Waals surface area contributed by atoms with Crippen LogP contribution in [0.2, 0.25) is 0 Å². The number of nitro groups is 1. The van der Waals surface area contributed by atoms with E-state index < -0.39 is 0 Å². The fourth-order valence-corrected chi connectivity index (χ4v) is 2.48. The summed E-state index contributed by atoms with van der Waals surface area (Å²) in [4.78, 5) is 12.4. The highest BCUT2D eigenvalue weighted by atomic mass is 16.6. The summed E-state index contributed by atoms with van der Waals surface area (Å²) >= 11 is 0. The van der Waals surface area contributed by atoms with Crippen LogP contribution in [0.25, 0.3) is 0 Å². The zero-order chi connectivity index (χ0) is 11.1. The van der Waals surface area contributed by atoms with Crippen LogP contribution < -0.4 is 4.90 Å². The minimum atomic E-state index is -0.372. The van der Waals surface area contributed by atoms with Crippen molar-refractivity contribution in [2.24, 2.45) is 0 Å². The zero-order valence-electron chi connectivity index (χ0n) is 8.70. The maximum absolute atomic E-state index is 10.5. The molecule has 0 saturated carbocycles. The molecule has 0 amide bonds. The largest absolute Gasteiger partial charge is 0.374 e. The van der Waals surface area contributed by atoms with Crippen molar-refractivity contribution in [2.75, 3.05) is 18.1 Å². The summed E-state index contributed by atoms with van der Waals surface area (Å²) in [6.45, 7) is 1.68. The van der Waals surface area contributed by atoms with Gasteiger partial charge in [0.25, 0.3) is 5.69 Å². The Kier molecular flexibility index (Phi) is 2.07. The highest BCUT2D eigenvalue weighted by molar-refractivity contribution is 5.53. The van der Waals surface area contributed by atoms with Gasteiger partial charge in [-0.05, 0) is 18.6 Å². The molecule has 1 aromatic carbocycles. The van der Waals surface area contributed by atoms with Crippen molar-refractivity contribution in [3.63, 3.8) is 0 Å². The normalized spacial score (nSPS) is 27.4. The average Bonchev–Trinajstić information content (AvgIpc) is 2.91. The number of non-ortho nitro benzene ring substituents is 1. The highest BCUT2D eigenvalue weighted by Gasteiger charge is 2.38. The summed E-state index contributed by atoms with van der Waals surface area (Å²) in [7, 11) is 0. The number of rotatable bonds is 2. The molecule has 0 aliphatic carbocycles. The first kappa shape index (κ1) is 9.59. The third kappa shape index (κ3) is 1.44. The van der Waals surface area contributed by atoms with Crippen LogP contribution >= 0.6 is 0 Å². The molecule has 0 N–H and O–H groups in total. The van der Waals surface area contributed by atoms with Crippen LogP contribution in [0.3, 0.4) is 0 Å². The molecular formula is C11H12N2O3. The van der Waals surface area contributed by atoms with Crippen molar-refractivity contribution >= 4 is 11.4 Å². The lowest BCUT2D eigenvalue weighted by atomic mass is 10.2. The van der Waals surface area contributed by atoms with Crippen LogP contribution in [0.5, 0.6) is 0 Å². The number of benzene rings is 1. The van der Waals surface area contributed by atoms with Gasteiger partial charge in [0.2, 0.25) is 0 Å². The van der Waals surface area contributed by atoms with Gasteiger partial charge in [0, 0.05) is 24.4 Å². The fraction of sp³-hybridized carbons (Fsp3) is 0.455. The van der Waals surface area contributed by atoms with E-state index in [1.54, 1.807) is 12.1 Å². The van der Waals surface area contributed by atoms with Crippen LogP contribution in [0.15, 0.2) is 24.3 Å². The Hall–Kier alpha value is -1.62. The minimum absolute atomic E-state index is 0.143. The Morgan fingerprint density at radius 2 is 2.12 bits per heavy atom. The molecular weight excluding hydrogens is 208 g/mol. The number of anilines is 1. The molecule has 2 atom stereocenters. The van der Waals surface area contributed by atoms with Crippen LogP contribution in [-0.4, -0.2) is 30.2 Å². The first-order valence-electron chi connectivity index (χ1n) is 5.37. The molecule has 0 spiro atoms. The molecule has 16 heavy (non-hydrogen) atoms. The standard InChI is InChI=1S/C11H12N2O3/c14-13(15)9-3-1-8(2-4-9)12-6-11-5-10(12)7-16-11/h1-4,10-11H,5-7H2/t10-,11-/m1/s1. The van der Waals surface area contributed by atoms with E-state index >= 15 is 0 Å². The number of nitrogens with zero attached hydrogens (tertiary/aromatic N) is 2. The average molecular weight is 220 g/mol. The molecule has 5 heteroatoms. The van der Waals surface area contributed by atoms with Gasteiger partial charge in [-0.25, -0.2) is 0 Å². The molecule has 2 heterocycles. The van der Waals surface area contributed by atoms with Crippen molar-refractivity contribution in [3.8, 4) is 0 Å². The van der Waals surface area contributed by atoms with Crippen molar-refractivity contribution in [2.45, 2.75) is 18.6 Å². The second-order valence-electron chi connectivity index (χ2n) is 4.27. The third-order valence-electron chi connectivity index (χ3n) is 3.29. The van der Waals surface area contributed by atoms with E-state index in [1.807, 2.05) is 12.1 Å². The smallest absolute Gasteiger partial charge is 0.269 e. The number of hydrogen-bond donors (Lipinski definition) is 0. The zero-order valence-corrected chi connectivity index (χ0v) is 8.70. The molecule has 1 aromatic rings. The number of hydrogen-bond acceptors (Lipinski definition) is 4. The Labute approximate surface area is 92.8 Å². The molecule has 0 aromatic heterocycles. The summed E-state index contributed by atoms with van der Waals surface area (Å²) in [5, 5.41) is 10.5. The molecule has 2 aliphatic heterocycles. The summed E-state index contributed by atoms with van der Waals surface area (Å²) in [5.41, 5.74) is 1.20. The molecule has 84 valence electrons. The Morgan fingerprint density at radius 1 is 1.38 bits per heavy atom. The minimum Gasteiger partial charge on any atom is -0.374 e. The second-order valence-corrected chi connectivity index (χ2v) is 4.27. The van der Waals surface area contributed by atoms with Crippen molar-refractivity contribution in [1.82, 2.24) is 0 Å². The number of morpholine rings is 1. The van der Waals surface area contributed by atoms with E-state index in [9.17, 15) is 10.1 Å². The summed E-state index contributed by atoms with van der Waals surface area (Å²) in [5.74, 6) is 0.